The Labute approximate surface area is 210 Å². The van der Waals surface area contributed by atoms with Crippen LogP contribution >= 0.6 is 0 Å². The smallest absolute Gasteiger partial charge is 0.254 e. The maximum atomic E-state index is 15.3. The van der Waals surface area contributed by atoms with Crippen molar-refractivity contribution in [2.24, 2.45) is 0 Å². The molecule has 8 heteroatoms. The highest BCUT2D eigenvalue weighted by molar-refractivity contribution is 5.83. The molecule has 0 aliphatic rings. The molecular formula is C28H29F2N3O3. The van der Waals surface area contributed by atoms with Gasteiger partial charge in [0.1, 0.15) is 24.0 Å². The van der Waals surface area contributed by atoms with Gasteiger partial charge in [-0.3, -0.25) is 4.79 Å². The van der Waals surface area contributed by atoms with Crippen LogP contribution in [0, 0.1) is 23.0 Å². The molecule has 0 radical (unpaired) electrons. The summed E-state index contributed by atoms with van der Waals surface area (Å²) in [5, 5.41) is 11.6. The summed E-state index contributed by atoms with van der Waals surface area (Å²) in [6.45, 7) is 2.94. The van der Waals surface area contributed by atoms with Gasteiger partial charge in [-0.25, -0.2) is 8.78 Å². The van der Waals surface area contributed by atoms with Crippen LogP contribution in [0.5, 0.6) is 5.75 Å². The van der Waals surface area contributed by atoms with Crippen LogP contribution in [0.15, 0.2) is 60.7 Å². The lowest BCUT2D eigenvalue weighted by Gasteiger charge is -2.20. The van der Waals surface area contributed by atoms with Gasteiger partial charge in [-0.05, 0) is 62.5 Å². The third-order valence-electron chi connectivity index (χ3n) is 5.46. The lowest BCUT2D eigenvalue weighted by Crippen LogP contribution is -2.31. The lowest BCUT2D eigenvalue weighted by atomic mass is 9.99. The molecule has 6 nitrogen and oxygen atoms in total. The number of likely N-dealkylation sites (N-methyl/N-ethyl adjacent to an activating group) is 1. The summed E-state index contributed by atoms with van der Waals surface area (Å²) in [5.41, 5.74) is 1.61. The van der Waals surface area contributed by atoms with Gasteiger partial charge in [0.15, 0.2) is 6.10 Å². The number of halogens is 2. The first-order valence-corrected chi connectivity index (χ1v) is 11.6. The van der Waals surface area contributed by atoms with Gasteiger partial charge in [0, 0.05) is 25.3 Å². The van der Waals surface area contributed by atoms with Gasteiger partial charge in [-0.15, -0.1) is 0 Å². The van der Waals surface area contributed by atoms with Crippen LogP contribution in [0.4, 0.5) is 8.78 Å². The Morgan fingerprint density at radius 3 is 2.36 bits per heavy atom. The van der Waals surface area contributed by atoms with Crippen LogP contribution in [0.3, 0.4) is 0 Å². The third-order valence-corrected chi connectivity index (χ3v) is 5.46. The van der Waals surface area contributed by atoms with Gasteiger partial charge >= 0.3 is 0 Å². The fraction of sp³-hybridized carbons (Fsp3) is 0.286. The van der Waals surface area contributed by atoms with Crippen molar-refractivity contribution in [1.29, 1.82) is 5.26 Å². The van der Waals surface area contributed by atoms with E-state index in [0.29, 0.717) is 35.6 Å². The molecule has 0 aliphatic heterocycles. The lowest BCUT2D eigenvalue weighted by molar-refractivity contribution is -0.133. The molecule has 36 heavy (non-hydrogen) atoms. The number of carbonyl (C=O) groups excluding carboxylic acids is 1. The Morgan fingerprint density at radius 1 is 1.08 bits per heavy atom. The first-order valence-electron chi connectivity index (χ1n) is 11.6. The molecule has 0 fully saturated rings. The molecule has 0 saturated heterocycles. The number of nitrogens with one attached hydrogen (secondary N) is 1. The zero-order valence-electron chi connectivity index (χ0n) is 20.6. The molecule has 188 valence electrons. The maximum absolute atomic E-state index is 15.3. The van der Waals surface area contributed by atoms with Crippen molar-refractivity contribution in [3.63, 3.8) is 0 Å². The summed E-state index contributed by atoms with van der Waals surface area (Å²) in [7, 11) is 3.85. The Morgan fingerprint density at radius 2 is 1.75 bits per heavy atom. The van der Waals surface area contributed by atoms with Crippen molar-refractivity contribution in [3.8, 4) is 22.9 Å². The number of hydrogen-bond donors (Lipinski definition) is 1. The molecule has 1 amide bonds. The molecule has 3 rings (SSSR count). The van der Waals surface area contributed by atoms with Crippen LogP contribution in [0.25, 0.3) is 11.1 Å². The minimum atomic E-state index is -1.46. The molecule has 0 bridgehead atoms. The molecule has 1 N–H and O–H groups in total. The number of ether oxygens (including phenoxy) is 2. The predicted molar refractivity (Wildman–Crippen MR) is 133 cm³/mol. The third kappa shape index (κ3) is 6.87. The van der Waals surface area contributed by atoms with Crippen LogP contribution in [-0.2, 0) is 16.1 Å². The topological polar surface area (TPSA) is 74.6 Å². The number of carbonyl (C=O) groups is 1. The van der Waals surface area contributed by atoms with Crippen LogP contribution in [0.2, 0.25) is 0 Å². The number of hydrogen-bond acceptors (Lipinski definition) is 5. The summed E-state index contributed by atoms with van der Waals surface area (Å²) in [4.78, 5) is 14.8. The number of nitriles is 1. The Hall–Kier alpha value is -3.80. The minimum Gasteiger partial charge on any atom is -0.492 e. The zero-order valence-corrected chi connectivity index (χ0v) is 20.6. The second kappa shape index (κ2) is 12.8. The van der Waals surface area contributed by atoms with E-state index < -0.39 is 29.2 Å². The number of nitrogens with zero attached hydrogens (tertiary/aromatic N) is 2. The highest BCUT2D eigenvalue weighted by atomic mass is 19.1. The molecule has 3 aromatic carbocycles. The zero-order chi connectivity index (χ0) is 26.1. The fourth-order valence-electron chi connectivity index (χ4n) is 3.60. The summed E-state index contributed by atoms with van der Waals surface area (Å²) in [5.74, 6) is -1.94. The number of amides is 1. The Balaban J connectivity index is 1.83. The quantitative estimate of drug-likeness (QED) is 0.414. The second-order valence-electron chi connectivity index (χ2n) is 8.36. The SMILES string of the molecule is CCO[C@H](C(=O)NCc1ccc(C#N)cc1)c1c(F)cc(-c2ccccc2OCCN(C)C)cc1F. The highest BCUT2D eigenvalue weighted by Crippen LogP contribution is 2.34. The van der Waals surface area contributed by atoms with Crippen molar-refractivity contribution < 1.29 is 23.0 Å². The second-order valence-corrected chi connectivity index (χ2v) is 8.36. The van der Waals surface area contributed by atoms with E-state index in [4.69, 9.17) is 14.7 Å². The van der Waals surface area contributed by atoms with E-state index in [2.05, 4.69) is 5.32 Å². The average molecular weight is 494 g/mol. The highest BCUT2D eigenvalue weighted by Gasteiger charge is 2.28. The van der Waals surface area contributed by atoms with Crippen molar-refractivity contribution >= 4 is 5.91 Å². The van der Waals surface area contributed by atoms with Crippen molar-refractivity contribution in [2.75, 3.05) is 33.9 Å². The number of rotatable bonds is 11. The van der Waals surface area contributed by atoms with E-state index in [1.54, 1.807) is 55.5 Å². The normalized spacial score (nSPS) is 11.7. The first-order chi connectivity index (χ1) is 17.3. The van der Waals surface area contributed by atoms with Crippen LogP contribution in [0.1, 0.15) is 29.7 Å². The summed E-state index contributed by atoms with van der Waals surface area (Å²) < 4.78 is 41.9. The molecule has 0 unspecified atom stereocenters. The standard InChI is InChI=1S/C28H29F2N3O3/c1-4-35-27(28(34)32-18-20-11-9-19(17-31)10-12-20)26-23(29)15-21(16-24(26)30)22-7-5-6-8-25(22)36-14-13-33(2)3/h5-12,15-16,27H,4,13-14,18H2,1-3H3,(H,32,34)/t27-/m0/s1. The van der Waals surface area contributed by atoms with Gasteiger partial charge in [-0.1, -0.05) is 30.3 Å². The van der Waals surface area contributed by atoms with E-state index >= 15 is 8.78 Å². The van der Waals surface area contributed by atoms with Gasteiger partial charge in [0.25, 0.3) is 5.91 Å². The number of benzene rings is 3. The Kier molecular flexibility index (Phi) is 9.51. The maximum Gasteiger partial charge on any atom is 0.254 e. The van der Waals surface area contributed by atoms with E-state index in [0.717, 1.165) is 5.56 Å². The fourth-order valence-corrected chi connectivity index (χ4v) is 3.60. The van der Waals surface area contributed by atoms with Gasteiger partial charge in [0.2, 0.25) is 0 Å². The van der Waals surface area contributed by atoms with Crippen molar-refractivity contribution in [1.82, 2.24) is 10.2 Å². The molecule has 0 aliphatic carbocycles. The largest absolute Gasteiger partial charge is 0.492 e. The monoisotopic (exact) mass is 493 g/mol. The summed E-state index contributed by atoms with van der Waals surface area (Å²) in [6.07, 6.45) is -1.46. The molecular weight excluding hydrogens is 464 g/mol. The van der Waals surface area contributed by atoms with Crippen LogP contribution < -0.4 is 10.1 Å². The molecule has 3 aromatic rings. The summed E-state index contributed by atoms with van der Waals surface area (Å²) >= 11 is 0. The van der Waals surface area contributed by atoms with E-state index in [9.17, 15) is 4.79 Å². The molecule has 0 saturated carbocycles. The number of para-hydroxylation sites is 1. The average Bonchev–Trinajstić information content (AvgIpc) is 2.86. The van der Waals surface area contributed by atoms with Gasteiger partial charge in [-0.2, -0.15) is 5.26 Å². The van der Waals surface area contributed by atoms with Crippen molar-refractivity contribution in [2.45, 2.75) is 19.6 Å². The van der Waals surface area contributed by atoms with Crippen LogP contribution in [-0.4, -0.2) is 44.7 Å². The van der Waals surface area contributed by atoms with E-state index in [1.807, 2.05) is 25.1 Å². The molecule has 0 spiro atoms. The minimum absolute atomic E-state index is 0.0815. The first kappa shape index (κ1) is 26.8. The van der Waals surface area contributed by atoms with E-state index in [1.165, 1.54) is 12.1 Å². The van der Waals surface area contributed by atoms with Crippen molar-refractivity contribution in [3.05, 3.63) is 89.0 Å². The Bertz CT molecular complexity index is 1200. The molecule has 0 aromatic heterocycles. The van der Waals surface area contributed by atoms with Gasteiger partial charge < -0.3 is 19.7 Å². The van der Waals surface area contributed by atoms with E-state index in [-0.39, 0.29) is 13.2 Å². The predicted octanol–water partition coefficient (Wildman–Crippen LogP) is 4.84. The summed E-state index contributed by atoms with van der Waals surface area (Å²) in [6, 6.07) is 18.1. The van der Waals surface area contributed by atoms with Gasteiger partial charge in [0.05, 0.1) is 17.2 Å². The molecule has 0 heterocycles. The molecule has 1 atom stereocenters.